The van der Waals surface area contributed by atoms with Crippen molar-refractivity contribution in [1.82, 2.24) is 4.90 Å². The molecule has 1 aromatic rings. The summed E-state index contributed by atoms with van der Waals surface area (Å²) in [6, 6.07) is 7.85. The Bertz CT molecular complexity index is 422. The van der Waals surface area contributed by atoms with Crippen molar-refractivity contribution in [1.29, 1.82) is 0 Å². The molecule has 1 heterocycles. The van der Waals surface area contributed by atoms with Gasteiger partial charge in [0, 0.05) is 19.1 Å². The second-order valence-corrected chi connectivity index (χ2v) is 6.67. The molecule has 0 amide bonds. The molecule has 0 radical (unpaired) electrons. The molecule has 20 heavy (non-hydrogen) atoms. The van der Waals surface area contributed by atoms with Crippen molar-refractivity contribution in [3.63, 3.8) is 0 Å². The van der Waals surface area contributed by atoms with Crippen molar-refractivity contribution in [3.8, 4) is 0 Å². The fraction of sp³-hybridized carbons (Fsp3) is 0.684. The van der Waals surface area contributed by atoms with Gasteiger partial charge < -0.3 is 0 Å². The number of fused-ring (bicyclic) bond motifs is 1. The number of unbranched alkanes of at least 4 members (excludes halogenated alkanes) is 2. The molecule has 1 aliphatic rings. The Balaban J connectivity index is 2.02. The fourth-order valence-electron chi connectivity index (χ4n) is 3.47. The molecule has 0 aliphatic carbocycles. The molecule has 1 nitrogen and oxygen atoms in total. The molecule has 0 saturated carbocycles. The maximum absolute atomic E-state index is 2.71. The third kappa shape index (κ3) is 3.63. The first-order chi connectivity index (χ1) is 9.65. The summed E-state index contributed by atoms with van der Waals surface area (Å²) in [5.74, 6) is 0.756. The Morgan fingerprint density at radius 3 is 2.45 bits per heavy atom. The van der Waals surface area contributed by atoms with Crippen LogP contribution in [-0.2, 0) is 19.5 Å². The highest BCUT2D eigenvalue weighted by Gasteiger charge is 2.27. The zero-order chi connectivity index (χ0) is 14.5. The zero-order valence-electron chi connectivity index (χ0n) is 13.8. The minimum absolute atomic E-state index is 0.749. The number of hydrogen-bond donors (Lipinski definition) is 0. The Kier molecular flexibility index (Phi) is 5.65. The number of aryl methyl sites for hydroxylation is 1. The van der Waals surface area contributed by atoms with Gasteiger partial charge in [-0.25, -0.2) is 0 Å². The number of rotatable bonds is 7. The largest absolute Gasteiger partial charge is 0.292 e. The first-order valence-electron chi connectivity index (χ1n) is 8.50. The highest BCUT2D eigenvalue weighted by Crippen LogP contribution is 2.30. The molecule has 1 aromatic carbocycles. The second-order valence-electron chi connectivity index (χ2n) is 6.67. The standard InChI is InChI=1S/C19H31N/c1-5-7-8-9-19(15(3)4)20-13-17-11-10-16(6-2)12-18(17)14-20/h10-12,15,19H,5-9,13-14H2,1-4H3. The van der Waals surface area contributed by atoms with Crippen molar-refractivity contribution in [2.75, 3.05) is 0 Å². The maximum Gasteiger partial charge on any atom is 0.0243 e. The molecule has 0 fully saturated rings. The predicted octanol–water partition coefficient (Wildman–Crippen LogP) is 5.17. The lowest BCUT2D eigenvalue weighted by Gasteiger charge is -2.31. The molecule has 112 valence electrons. The van der Waals surface area contributed by atoms with Crippen molar-refractivity contribution in [2.24, 2.45) is 5.92 Å². The Labute approximate surface area is 125 Å². The van der Waals surface area contributed by atoms with Gasteiger partial charge in [-0.15, -0.1) is 0 Å². The third-order valence-corrected chi connectivity index (χ3v) is 4.77. The molecule has 1 aliphatic heterocycles. The van der Waals surface area contributed by atoms with Crippen molar-refractivity contribution in [2.45, 2.75) is 78.9 Å². The van der Waals surface area contributed by atoms with Crippen LogP contribution in [-0.4, -0.2) is 10.9 Å². The van der Waals surface area contributed by atoms with Crippen LogP contribution in [0, 0.1) is 5.92 Å². The third-order valence-electron chi connectivity index (χ3n) is 4.77. The summed E-state index contributed by atoms with van der Waals surface area (Å²) < 4.78 is 0. The van der Waals surface area contributed by atoms with E-state index in [9.17, 15) is 0 Å². The van der Waals surface area contributed by atoms with Gasteiger partial charge in [-0.1, -0.05) is 65.2 Å². The van der Waals surface area contributed by atoms with Crippen LogP contribution in [0.2, 0.25) is 0 Å². The lowest BCUT2D eigenvalue weighted by Crippen LogP contribution is -2.35. The molecule has 1 heteroatoms. The van der Waals surface area contributed by atoms with E-state index in [0.717, 1.165) is 31.5 Å². The van der Waals surface area contributed by atoms with Crippen LogP contribution in [0.4, 0.5) is 0 Å². The van der Waals surface area contributed by atoms with E-state index < -0.39 is 0 Å². The van der Waals surface area contributed by atoms with E-state index in [1.807, 2.05) is 0 Å². The highest BCUT2D eigenvalue weighted by molar-refractivity contribution is 5.35. The SMILES string of the molecule is CCCCCC(C(C)C)N1Cc2ccc(CC)cc2C1. The van der Waals surface area contributed by atoms with Crippen LogP contribution in [0.1, 0.15) is 70.1 Å². The topological polar surface area (TPSA) is 3.24 Å². The van der Waals surface area contributed by atoms with Gasteiger partial charge in [0.1, 0.15) is 0 Å². The van der Waals surface area contributed by atoms with Gasteiger partial charge in [0.05, 0.1) is 0 Å². The van der Waals surface area contributed by atoms with Crippen molar-refractivity contribution < 1.29 is 0 Å². The number of nitrogens with zero attached hydrogens (tertiary/aromatic N) is 1. The lowest BCUT2D eigenvalue weighted by molar-refractivity contribution is 0.142. The summed E-state index contributed by atoms with van der Waals surface area (Å²) in [7, 11) is 0. The average molecular weight is 273 g/mol. The van der Waals surface area contributed by atoms with Crippen LogP contribution in [0.15, 0.2) is 18.2 Å². The van der Waals surface area contributed by atoms with E-state index in [1.54, 1.807) is 11.1 Å². The molecule has 1 atom stereocenters. The highest BCUT2D eigenvalue weighted by atomic mass is 15.2. The van der Waals surface area contributed by atoms with E-state index in [1.165, 1.54) is 31.2 Å². The molecule has 0 N–H and O–H groups in total. The van der Waals surface area contributed by atoms with Crippen molar-refractivity contribution in [3.05, 3.63) is 34.9 Å². The predicted molar refractivity (Wildman–Crippen MR) is 87.8 cm³/mol. The van der Waals surface area contributed by atoms with Crippen LogP contribution in [0.25, 0.3) is 0 Å². The Hall–Kier alpha value is -0.820. The van der Waals surface area contributed by atoms with E-state index in [-0.39, 0.29) is 0 Å². The van der Waals surface area contributed by atoms with Gasteiger partial charge >= 0.3 is 0 Å². The molecular weight excluding hydrogens is 242 g/mol. The summed E-state index contributed by atoms with van der Waals surface area (Å²) in [5, 5.41) is 0. The number of hydrogen-bond acceptors (Lipinski definition) is 1. The van der Waals surface area contributed by atoms with Gasteiger partial charge in [0.25, 0.3) is 0 Å². The first kappa shape index (κ1) is 15.6. The molecule has 0 saturated heterocycles. The first-order valence-corrected chi connectivity index (χ1v) is 8.50. The summed E-state index contributed by atoms with van der Waals surface area (Å²) in [6.07, 6.45) is 6.60. The van der Waals surface area contributed by atoms with Crippen LogP contribution in [0.3, 0.4) is 0 Å². The van der Waals surface area contributed by atoms with Crippen LogP contribution >= 0.6 is 0 Å². The summed E-state index contributed by atoms with van der Waals surface area (Å²) >= 11 is 0. The molecule has 2 rings (SSSR count). The molecule has 0 aromatic heterocycles. The van der Waals surface area contributed by atoms with Gasteiger partial charge in [0.15, 0.2) is 0 Å². The average Bonchev–Trinajstić information content (AvgIpc) is 2.85. The van der Waals surface area contributed by atoms with Gasteiger partial charge in [-0.2, -0.15) is 0 Å². The summed E-state index contributed by atoms with van der Waals surface area (Å²) in [5.41, 5.74) is 4.62. The van der Waals surface area contributed by atoms with Gasteiger partial charge in [-0.05, 0) is 35.4 Å². The van der Waals surface area contributed by atoms with Gasteiger partial charge in [-0.3, -0.25) is 4.90 Å². The monoisotopic (exact) mass is 273 g/mol. The quantitative estimate of drug-likeness (QED) is 0.619. The lowest BCUT2D eigenvalue weighted by atomic mass is 9.96. The van der Waals surface area contributed by atoms with Gasteiger partial charge in [0.2, 0.25) is 0 Å². The Morgan fingerprint density at radius 1 is 1.05 bits per heavy atom. The molecular formula is C19H31N. The molecule has 1 unspecified atom stereocenters. The van der Waals surface area contributed by atoms with Crippen LogP contribution < -0.4 is 0 Å². The number of benzene rings is 1. The summed E-state index contributed by atoms with van der Waals surface area (Å²) in [4.78, 5) is 2.71. The zero-order valence-corrected chi connectivity index (χ0v) is 13.8. The van der Waals surface area contributed by atoms with E-state index in [0.29, 0.717) is 0 Å². The van der Waals surface area contributed by atoms with Crippen molar-refractivity contribution >= 4 is 0 Å². The summed E-state index contributed by atoms with van der Waals surface area (Å²) in [6.45, 7) is 11.6. The van der Waals surface area contributed by atoms with E-state index >= 15 is 0 Å². The Morgan fingerprint density at radius 2 is 1.80 bits per heavy atom. The molecule has 0 bridgehead atoms. The second kappa shape index (κ2) is 7.26. The minimum Gasteiger partial charge on any atom is -0.292 e. The maximum atomic E-state index is 2.71. The smallest absolute Gasteiger partial charge is 0.0243 e. The van der Waals surface area contributed by atoms with E-state index in [2.05, 4.69) is 50.8 Å². The normalized spacial score (nSPS) is 16.6. The fourth-order valence-corrected chi connectivity index (χ4v) is 3.47. The molecule has 0 spiro atoms. The van der Waals surface area contributed by atoms with Crippen LogP contribution in [0.5, 0.6) is 0 Å². The van der Waals surface area contributed by atoms with E-state index in [4.69, 9.17) is 0 Å². The minimum atomic E-state index is 0.749.